The van der Waals surface area contributed by atoms with Crippen molar-refractivity contribution in [3.05, 3.63) is 18.0 Å². The van der Waals surface area contributed by atoms with Crippen LogP contribution in [0, 0.1) is 0 Å². The van der Waals surface area contributed by atoms with E-state index in [9.17, 15) is 0 Å². The van der Waals surface area contributed by atoms with Gasteiger partial charge in [-0.25, -0.2) is 0 Å². The molecule has 3 nitrogen and oxygen atoms in total. The van der Waals surface area contributed by atoms with Gasteiger partial charge in [0.15, 0.2) is 0 Å². The van der Waals surface area contributed by atoms with Crippen molar-refractivity contribution < 1.29 is 0 Å². The van der Waals surface area contributed by atoms with Gasteiger partial charge in [-0.15, -0.1) is 0 Å². The van der Waals surface area contributed by atoms with Crippen LogP contribution >= 0.6 is 0 Å². The molecule has 2 rings (SSSR count). The predicted octanol–water partition coefficient (Wildman–Crippen LogP) is 2.84. The molecule has 2 unspecified atom stereocenters. The minimum atomic E-state index is 0.616. The summed E-state index contributed by atoms with van der Waals surface area (Å²) in [5, 5.41) is 8.33. The summed E-state index contributed by atoms with van der Waals surface area (Å²) in [6.45, 7) is 3.37. The van der Waals surface area contributed by atoms with E-state index >= 15 is 0 Å². The molecule has 1 aromatic heterocycles. The van der Waals surface area contributed by atoms with E-state index in [0.29, 0.717) is 12.0 Å². The van der Waals surface area contributed by atoms with E-state index in [2.05, 4.69) is 29.6 Å². The molecule has 96 valence electrons. The number of hydrogen-bond donors (Lipinski definition) is 1. The molecule has 1 aromatic rings. The Kier molecular flexibility index (Phi) is 4.60. The van der Waals surface area contributed by atoms with Gasteiger partial charge in [-0.2, -0.15) is 5.10 Å². The molecule has 0 spiro atoms. The zero-order chi connectivity index (χ0) is 12.1. The highest BCUT2D eigenvalue weighted by molar-refractivity contribution is 5.10. The predicted molar refractivity (Wildman–Crippen MR) is 71.1 cm³/mol. The molecular formula is C14H25N3. The van der Waals surface area contributed by atoms with Gasteiger partial charge in [0.2, 0.25) is 0 Å². The van der Waals surface area contributed by atoms with Crippen LogP contribution in [0.3, 0.4) is 0 Å². The van der Waals surface area contributed by atoms with Gasteiger partial charge in [-0.1, -0.05) is 26.2 Å². The zero-order valence-corrected chi connectivity index (χ0v) is 11.2. The summed E-state index contributed by atoms with van der Waals surface area (Å²) < 4.78 is 1.93. The summed E-state index contributed by atoms with van der Waals surface area (Å²) in [6, 6.07) is 2.82. The third-order valence-electron chi connectivity index (χ3n) is 3.79. The first kappa shape index (κ1) is 12.6. The van der Waals surface area contributed by atoms with Gasteiger partial charge in [0.25, 0.3) is 0 Å². The monoisotopic (exact) mass is 235 g/mol. The summed E-state index contributed by atoms with van der Waals surface area (Å²) >= 11 is 0. The molecule has 0 aliphatic heterocycles. The van der Waals surface area contributed by atoms with Crippen molar-refractivity contribution in [2.45, 2.75) is 57.4 Å². The fourth-order valence-electron chi connectivity index (χ4n) is 2.87. The van der Waals surface area contributed by atoms with Crippen LogP contribution in [0.1, 0.15) is 57.1 Å². The molecule has 3 heteroatoms. The number of nitrogens with zero attached hydrogens (tertiary/aromatic N) is 2. The second-order valence-corrected chi connectivity index (χ2v) is 5.22. The lowest BCUT2D eigenvalue weighted by Crippen LogP contribution is -2.35. The van der Waals surface area contributed by atoms with Crippen molar-refractivity contribution in [2.75, 3.05) is 6.54 Å². The second kappa shape index (κ2) is 6.20. The standard InChI is InChI=1S/C14H25N3/c1-3-10-15-13-8-6-4-5-7-12(13)14-9-11-17(2)16-14/h9,11-13,15H,3-8,10H2,1-2H3. The summed E-state index contributed by atoms with van der Waals surface area (Å²) in [6.07, 6.45) is 9.98. The molecule has 1 N–H and O–H groups in total. The maximum absolute atomic E-state index is 4.61. The van der Waals surface area contributed by atoms with Crippen molar-refractivity contribution in [1.29, 1.82) is 0 Å². The zero-order valence-electron chi connectivity index (χ0n) is 11.2. The Bertz CT molecular complexity index is 332. The van der Waals surface area contributed by atoms with E-state index < -0.39 is 0 Å². The van der Waals surface area contributed by atoms with Crippen molar-refractivity contribution in [3.63, 3.8) is 0 Å². The van der Waals surface area contributed by atoms with Gasteiger partial charge in [-0.3, -0.25) is 4.68 Å². The molecule has 1 fully saturated rings. The molecule has 1 heterocycles. The topological polar surface area (TPSA) is 29.9 Å². The van der Waals surface area contributed by atoms with E-state index in [0.717, 1.165) is 6.54 Å². The Morgan fingerprint density at radius 3 is 2.88 bits per heavy atom. The van der Waals surface area contributed by atoms with Crippen LogP contribution in [0.4, 0.5) is 0 Å². The Balaban J connectivity index is 2.08. The van der Waals surface area contributed by atoms with E-state index in [-0.39, 0.29) is 0 Å². The number of nitrogens with one attached hydrogen (secondary N) is 1. The molecule has 1 aliphatic rings. The van der Waals surface area contributed by atoms with Crippen LogP contribution in [-0.2, 0) is 7.05 Å². The van der Waals surface area contributed by atoms with Gasteiger partial charge in [0.1, 0.15) is 0 Å². The average molecular weight is 235 g/mol. The van der Waals surface area contributed by atoms with E-state index in [1.807, 2.05) is 11.7 Å². The van der Waals surface area contributed by atoms with Gasteiger partial charge < -0.3 is 5.32 Å². The third-order valence-corrected chi connectivity index (χ3v) is 3.79. The van der Waals surface area contributed by atoms with Crippen molar-refractivity contribution in [2.24, 2.45) is 7.05 Å². The van der Waals surface area contributed by atoms with Crippen molar-refractivity contribution in [3.8, 4) is 0 Å². The van der Waals surface area contributed by atoms with Crippen LogP contribution in [0.2, 0.25) is 0 Å². The van der Waals surface area contributed by atoms with Gasteiger partial charge in [0, 0.05) is 25.2 Å². The van der Waals surface area contributed by atoms with Crippen LogP contribution in [0.5, 0.6) is 0 Å². The Labute approximate surface area is 105 Å². The number of aromatic nitrogens is 2. The summed E-state index contributed by atoms with van der Waals surface area (Å²) in [7, 11) is 2.01. The van der Waals surface area contributed by atoms with Crippen LogP contribution in [0.15, 0.2) is 12.3 Å². The largest absolute Gasteiger partial charge is 0.313 e. The van der Waals surface area contributed by atoms with E-state index in [4.69, 9.17) is 0 Å². The second-order valence-electron chi connectivity index (χ2n) is 5.22. The summed E-state index contributed by atoms with van der Waals surface area (Å²) in [5.74, 6) is 0.616. The molecule has 2 atom stereocenters. The molecule has 0 aromatic carbocycles. The quantitative estimate of drug-likeness (QED) is 0.813. The first-order valence-corrected chi connectivity index (χ1v) is 7.04. The van der Waals surface area contributed by atoms with Gasteiger partial charge >= 0.3 is 0 Å². The fourth-order valence-corrected chi connectivity index (χ4v) is 2.87. The molecule has 0 saturated heterocycles. The van der Waals surface area contributed by atoms with Gasteiger partial charge in [-0.05, 0) is 31.9 Å². The minimum absolute atomic E-state index is 0.616. The normalized spacial score (nSPS) is 25.8. The summed E-state index contributed by atoms with van der Waals surface area (Å²) in [5.41, 5.74) is 1.28. The number of rotatable bonds is 4. The Morgan fingerprint density at radius 1 is 1.35 bits per heavy atom. The highest BCUT2D eigenvalue weighted by Gasteiger charge is 2.26. The molecule has 17 heavy (non-hydrogen) atoms. The lowest BCUT2D eigenvalue weighted by Gasteiger charge is -2.24. The third kappa shape index (κ3) is 3.32. The minimum Gasteiger partial charge on any atom is -0.313 e. The lowest BCUT2D eigenvalue weighted by molar-refractivity contribution is 0.403. The molecule has 1 aliphatic carbocycles. The molecule has 0 amide bonds. The number of aryl methyl sites for hydroxylation is 1. The van der Waals surface area contributed by atoms with Crippen LogP contribution < -0.4 is 5.32 Å². The number of hydrogen-bond acceptors (Lipinski definition) is 2. The SMILES string of the molecule is CCCNC1CCCCCC1c1ccn(C)n1. The van der Waals surface area contributed by atoms with Gasteiger partial charge in [0.05, 0.1) is 5.69 Å². The molecule has 0 bridgehead atoms. The molecule has 0 radical (unpaired) electrons. The summed E-state index contributed by atoms with van der Waals surface area (Å²) in [4.78, 5) is 0. The Morgan fingerprint density at radius 2 is 2.18 bits per heavy atom. The lowest BCUT2D eigenvalue weighted by atomic mass is 9.91. The molecular weight excluding hydrogens is 210 g/mol. The van der Waals surface area contributed by atoms with Crippen LogP contribution in [0.25, 0.3) is 0 Å². The van der Waals surface area contributed by atoms with Crippen molar-refractivity contribution in [1.82, 2.24) is 15.1 Å². The maximum atomic E-state index is 4.61. The Hall–Kier alpha value is -0.830. The smallest absolute Gasteiger partial charge is 0.0670 e. The highest BCUT2D eigenvalue weighted by atomic mass is 15.2. The van der Waals surface area contributed by atoms with E-state index in [1.54, 1.807) is 0 Å². The fraction of sp³-hybridized carbons (Fsp3) is 0.786. The van der Waals surface area contributed by atoms with Crippen molar-refractivity contribution >= 4 is 0 Å². The first-order valence-electron chi connectivity index (χ1n) is 7.04. The first-order chi connectivity index (χ1) is 8.31. The average Bonchev–Trinajstić information content (AvgIpc) is 2.63. The molecule has 1 saturated carbocycles. The maximum Gasteiger partial charge on any atom is 0.0670 e. The van der Waals surface area contributed by atoms with E-state index in [1.165, 1.54) is 44.2 Å². The highest BCUT2D eigenvalue weighted by Crippen LogP contribution is 2.31. The van der Waals surface area contributed by atoms with Crippen LogP contribution in [-0.4, -0.2) is 22.4 Å².